The Labute approximate surface area is 160 Å². The van der Waals surface area contributed by atoms with Crippen molar-refractivity contribution >= 4 is 38.9 Å². The van der Waals surface area contributed by atoms with E-state index in [2.05, 4.69) is 19.2 Å². The minimum atomic E-state index is -3.61. The van der Waals surface area contributed by atoms with Gasteiger partial charge in [0.15, 0.2) is 0 Å². The lowest BCUT2D eigenvalue weighted by atomic mass is 10.0. The van der Waals surface area contributed by atoms with Crippen LogP contribution in [0.2, 0.25) is 5.02 Å². The van der Waals surface area contributed by atoms with Gasteiger partial charge in [-0.05, 0) is 48.2 Å². The molecule has 2 aromatic carbocycles. The maximum atomic E-state index is 12.4. The molecule has 0 bridgehead atoms. The van der Waals surface area contributed by atoms with E-state index >= 15 is 0 Å². The van der Waals surface area contributed by atoms with Crippen molar-refractivity contribution in [3.63, 3.8) is 0 Å². The largest absolute Gasteiger partial charge is 0.324 e. The van der Waals surface area contributed by atoms with Gasteiger partial charge in [0, 0.05) is 10.7 Å². The molecule has 0 aliphatic carbocycles. The molecule has 140 valence electrons. The molecule has 7 heteroatoms. The van der Waals surface area contributed by atoms with E-state index < -0.39 is 15.9 Å². The Balaban J connectivity index is 2.23. The van der Waals surface area contributed by atoms with Crippen molar-refractivity contribution in [2.45, 2.75) is 26.7 Å². The molecule has 0 saturated heterocycles. The molecule has 2 aromatic rings. The number of amides is 1. The summed E-state index contributed by atoms with van der Waals surface area (Å²) in [5.74, 6) is -0.0986. The van der Waals surface area contributed by atoms with Crippen LogP contribution < -0.4 is 9.62 Å². The fourth-order valence-electron chi connectivity index (χ4n) is 2.49. The highest BCUT2D eigenvalue weighted by atomic mass is 35.5. The van der Waals surface area contributed by atoms with Crippen molar-refractivity contribution in [3.05, 3.63) is 58.6 Å². The van der Waals surface area contributed by atoms with E-state index in [9.17, 15) is 13.2 Å². The molecular formula is C19H23ClN2O3S. The number of hydrogen-bond donors (Lipinski definition) is 1. The van der Waals surface area contributed by atoms with E-state index in [-0.39, 0.29) is 6.54 Å². The number of rotatable bonds is 6. The molecule has 0 unspecified atom stereocenters. The summed E-state index contributed by atoms with van der Waals surface area (Å²) in [5.41, 5.74) is 2.84. The lowest BCUT2D eigenvalue weighted by Crippen LogP contribution is -2.37. The Kier molecular flexibility index (Phi) is 6.31. The molecule has 0 heterocycles. The Bertz CT molecular complexity index is 894. The zero-order chi connectivity index (χ0) is 19.5. The summed E-state index contributed by atoms with van der Waals surface area (Å²) in [6.45, 7) is 5.59. The summed E-state index contributed by atoms with van der Waals surface area (Å²) in [6, 6.07) is 12.4. The van der Waals surface area contributed by atoms with Crippen molar-refractivity contribution < 1.29 is 13.2 Å². The molecule has 0 aliphatic rings. The molecule has 0 radical (unpaired) electrons. The quantitative estimate of drug-likeness (QED) is 0.799. The van der Waals surface area contributed by atoms with Crippen molar-refractivity contribution in [2.24, 2.45) is 0 Å². The van der Waals surface area contributed by atoms with Gasteiger partial charge >= 0.3 is 0 Å². The number of carbonyl (C=O) groups is 1. The molecule has 0 spiro atoms. The predicted molar refractivity (Wildman–Crippen MR) is 108 cm³/mol. The third-order valence-corrected chi connectivity index (χ3v) is 5.63. The maximum Gasteiger partial charge on any atom is 0.245 e. The fourth-order valence-corrected chi connectivity index (χ4v) is 3.52. The van der Waals surface area contributed by atoms with Crippen LogP contribution in [0.4, 0.5) is 11.4 Å². The monoisotopic (exact) mass is 394 g/mol. The van der Waals surface area contributed by atoms with Crippen molar-refractivity contribution in [1.29, 1.82) is 0 Å². The van der Waals surface area contributed by atoms with Crippen LogP contribution in [-0.4, -0.2) is 27.1 Å². The SMILES string of the molecule is Cc1c(Cl)cccc1NC(=O)CN(c1ccc(C(C)C)cc1)S(C)(=O)=O. The van der Waals surface area contributed by atoms with Gasteiger partial charge < -0.3 is 5.32 Å². The van der Waals surface area contributed by atoms with E-state index in [1.807, 2.05) is 12.1 Å². The Morgan fingerprint density at radius 1 is 1.15 bits per heavy atom. The first-order chi connectivity index (χ1) is 12.1. The number of carbonyl (C=O) groups excluding carboxylic acids is 1. The minimum Gasteiger partial charge on any atom is -0.324 e. The topological polar surface area (TPSA) is 66.5 Å². The van der Waals surface area contributed by atoms with Gasteiger partial charge in [-0.25, -0.2) is 8.42 Å². The minimum absolute atomic E-state index is 0.314. The standard InChI is InChI=1S/C19H23ClN2O3S/c1-13(2)15-8-10-16(11-9-15)22(26(4,24)25)12-19(23)21-18-7-5-6-17(20)14(18)3/h5-11,13H,12H2,1-4H3,(H,21,23). The van der Waals surface area contributed by atoms with Gasteiger partial charge in [0.1, 0.15) is 6.54 Å². The summed E-state index contributed by atoms with van der Waals surface area (Å²) in [4.78, 5) is 12.4. The normalized spacial score (nSPS) is 11.5. The van der Waals surface area contributed by atoms with Gasteiger partial charge in [0.25, 0.3) is 0 Å². The molecule has 26 heavy (non-hydrogen) atoms. The van der Waals surface area contributed by atoms with E-state index in [1.54, 1.807) is 37.3 Å². The predicted octanol–water partition coefficient (Wildman–Crippen LogP) is 4.18. The number of anilines is 2. The van der Waals surface area contributed by atoms with Gasteiger partial charge in [0.2, 0.25) is 15.9 Å². The van der Waals surface area contributed by atoms with Crippen LogP contribution in [0, 0.1) is 6.92 Å². The van der Waals surface area contributed by atoms with E-state index in [0.717, 1.165) is 21.7 Å². The summed E-state index contributed by atoms with van der Waals surface area (Å²) in [5, 5.41) is 3.26. The molecule has 5 nitrogen and oxygen atoms in total. The molecule has 0 fully saturated rings. The molecule has 0 atom stereocenters. The number of nitrogens with one attached hydrogen (secondary N) is 1. The smallest absolute Gasteiger partial charge is 0.245 e. The molecule has 1 amide bonds. The molecule has 2 rings (SSSR count). The lowest BCUT2D eigenvalue weighted by Gasteiger charge is -2.22. The molecule has 0 aromatic heterocycles. The van der Waals surface area contributed by atoms with Crippen molar-refractivity contribution in [3.8, 4) is 0 Å². The van der Waals surface area contributed by atoms with Crippen molar-refractivity contribution in [1.82, 2.24) is 0 Å². The second kappa shape index (κ2) is 8.10. The zero-order valence-corrected chi connectivity index (χ0v) is 16.9. The first-order valence-corrected chi connectivity index (χ1v) is 10.4. The Hall–Kier alpha value is -2.05. The number of halogens is 1. The zero-order valence-electron chi connectivity index (χ0n) is 15.3. The first-order valence-electron chi connectivity index (χ1n) is 8.22. The summed E-state index contributed by atoms with van der Waals surface area (Å²) >= 11 is 6.05. The number of hydrogen-bond acceptors (Lipinski definition) is 3. The third kappa shape index (κ3) is 4.99. The lowest BCUT2D eigenvalue weighted by molar-refractivity contribution is -0.114. The van der Waals surface area contributed by atoms with Crippen LogP contribution >= 0.6 is 11.6 Å². The summed E-state index contributed by atoms with van der Waals surface area (Å²) in [6.07, 6.45) is 1.08. The number of sulfonamides is 1. The maximum absolute atomic E-state index is 12.4. The molecule has 1 N–H and O–H groups in total. The Morgan fingerprint density at radius 3 is 2.31 bits per heavy atom. The summed E-state index contributed by atoms with van der Waals surface area (Å²) < 4.78 is 25.5. The van der Waals surface area contributed by atoms with Crippen LogP contribution in [0.15, 0.2) is 42.5 Å². The second-order valence-electron chi connectivity index (χ2n) is 6.48. The van der Waals surface area contributed by atoms with Crippen LogP contribution in [0.25, 0.3) is 0 Å². The second-order valence-corrected chi connectivity index (χ2v) is 8.79. The number of nitrogens with zero attached hydrogens (tertiary/aromatic N) is 1. The average molecular weight is 395 g/mol. The van der Waals surface area contributed by atoms with Crippen LogP contribution in [-0.2, 0) is 14.8 Å². The molecule has 0 aliphatic heterocycles. The van der Waals surface area contributed by atoms with Gasteiger partial charge in [0.05, 0.1) is 11.9 Å². The van der Waals surface area contributed by atoms with Gasteiger partial charge in [-0.3, -0.25) is 9.10 Å². The van der Waals surface area contributed by atoms with Crippen LogP contribution in [0.1, 0.15) is 30.9 Å². The van der Waals surface area contributed by atoms with Crippen LogP contribution in [0.3, 0.4) is 0 Å². The van der Waals surface area contributed by atoms with Crippen molar-refractivity contribution in [2.75, 3.05) is 22.4 Å². The number of benzene rings is 2. The highest BCUT2D eigenvalue weighted by Gasteiger charge is 2.21. The fraction of sp³-hybridized carbons (Fsp3) is 0.316. The molecular weight excluding hydrogens is 372 g/mol. The van der Waals surface area contributed by atoms with Gasteiger partial charge in [-0.2, -0.15) is 0 Å². The van der Waals surface area contributed by atoms with Gasteiger partial charge in [-0.1, -0.05) is 43.6 Å². The van der Waals surface area contributed by atoms with E-state index in [0.29, 0.717) is 22.3 Å². The first kappa shape index (κ1) is 20.3. The average Bonchev–Trinajstić information content (AvgIpc) is 2.56. The van der Waals surface area contributed by atoms with E-state index in [4.69, 9.17) is 11.6 Å². The highest BCUT2D eigenvalue weighted by Crippen LogP contribution is 2.24. The Morgan fingerprint density at radius 2 is 1.77 bits per heavy atom. The molecule has 0 saturated carbocycles. The van der Waals surface area contributed by atoms with Gasteiger partial charge in [-0.15, -0.1) is 0 Å². The van der Waals surface area contributed by atoms with Crippen LogP contribution in [0.5, 0.6) is 0 Å². The van der Waals surface area contributed by atoms with E-state index in [1.165, 1.54) is 0 Å². The highest BCUT2D eigenvalue weighted by molar-refractivity contribution is 7.92. The third-order valence-electron chi connectivity index (χ3n) is 4.08. The summed E-state index contributed by atoms with van der Waals surface area (Å²) in [7, 11) is -3.61.